The van der Waals surface area contributed by atoms with E-state index in [1.54, 1.807) is 22.3 Å². The molecule has 0 radical (unpaired) electrons. The van der Waals surface area contributed by atoms with Gasteiger partial charge in [-0.05, 0) is 41.7 Å². The molecule has 0 aromatic rings. The van der Waals surface area contributed by atoms with Crippen LogP contribution >= 0.6 is 0 Å². The van der Waals surface area contributed by atoms with E-state index in [-0.39, 0.29) is 5.41 Å². The van der Waals surface area contributed by atoms with Crippen molar-refractivity contribution in [2.45, 2.75) is 48.0 Å². The van der Waals surface area contributed by atoms with E-state index in [1.165, 1.54) is 12.0 Å². The zero-order chi connectivity index (χ0) is 18.1. The van der Waals surface area contributed by atoms with Crippen LogP contribution in [-0.2, 0) is 0 Å². The van der Waals surface area contributed by atoms with E-state index in [4.69, 9.17) is 0 Å². The third-order valence-corrected chi connectivity index (χ3v) is 7.26. The molecule has 4 aliphatic carbocycles. The summed E-state index contributed by atoms with van der Waals surface area (Å²) in [4.78, 5) is 0. The first-order valence-electron chi connectivity index (χ1n) is 9.84. The first-order valence-corrected chi connectivity index (χ1v) is 9.84. The molecule has 4 unspecified atom stereocenters. The standard InChI is InChI=1S/C25H32/c1-8-9-10-17-16(3)13-21-22-18(17)14-24(4,5)19-11-15(2)12-20(23(19)22)25(21,6)7/h8-13,16-17,19,23H,1,14H2,2-7H3/b10-9-. The van der Waals surface area contributed by atoms with Gasteiger partial charge in [0.05, 0.1) is 0 Å². The summed E-state index contributed by atoms with van der Waals surface area (Å²) in [5, 5.41) is 0. The lowest BCUT2D eigenvalue weighted by atomic mass is 9.56. The molecule has 0 saturated heterocycles. The fourth-order valence-electron chi connectivity index (χ4n) is 6.04. The highest BCUT2D eigenvalue weighted by Crippen LogP contribution is 2.67. The highest BCUT2D eigenvalue weighted by molar-refractivity contribution is 5.63. The van der Waals surface area contributed by atoms with Gasteiger partial charge >= 0.3 is 0 Å². The van der Waals surface area contributed by atoms with Gasteiger partial charge in [-0.2, -0.15) is 0 Å². The van der Waals surface area contributed by atoms with E-state index >= 15 is 0 Å². The molecule has 0 N–H and O–H groups in total. The molecular weight excluding hydrogens is 300 g/mol. The van der Waals surface area contributed by atoms with Crippen LogP contribution in [0.25, 0.3) is 0 Å². The zero-order valence-corrected chi connectivity index (χ0v) is 16.7. The third kappa shape index (κ3) is 2.19. The van der Waals surface area contributed by atoms with Crippen molar-refractivity contribution in [3.8, 4) is 0 Å². The Bertz CT molecular complexity index is 788. The molecule has 0 heteroatoms. The summed E-state index contributed by atoms with van der Waals surface area (Å²) in [6.45, 7) is 18.4. The first kappa shape index (κ1) is 16.9. The van der Waals surface area contributed by atoms with Crippen molar-refractivity contribution < 1.29 is 0 Å². The van der Waals surface area contributed by atoms with Crippen molar-refractivity contribution in [2.24, 2.45) is 34.5 Å². The van der Waals surface area contributed by atoms with Crippen LogP contribution < -0.4 is 0 Å². The molecule has 0 aromatic carbocycles. The number of hydrogen-bond acceptors (Lipinski definition) is 0. The van der Waals surface area contributed by atoms with Gasteiger partial charge in [0.25, 0.3) is 0 Å². The van der Waals surface area contributed by atoms with E-state index in [0.717, 1.165) is 0 Å². The van der Waals surface area contributed by atoms with Crippen molar-refractivity contribution in [1.82, 2.24) is 0 Å². The lowest BCUT2D eigenvalue weighted by molar-refractivity contribution is 0.189. The normalized spacial score (nSPS) is 37.4. The molecule has 4 atom stereocenters. The monoisotopic (exact) mass is 332 g/mol. The van der Waals surface area contributed by atoms with Crippen molar-refractivity contribution in [3.63, 3.8) is 0 Å². The summed E-state index contributed by atoms with van der Waals surface area (Å²) in [6.07, 6.45) is 15.3. The second-order valence-corrected chi connectivity index (χ2v) is 9.83. The molecule has 0 aromatic heterocycles. The highest BCUT2D eigenvalue weighted by Gasteiger charge is 2.56. The summed E-state index contributed by atoms with van der Waals surface area (Å²) >= 11 is 0. The van der Waals surface area contributed by atoms with Gasteiger partial charge in [-0.25, -0.2) is 0 Å². The molecule has 1 saturated carbocycles. The summed E-state index contributed by atoms with van der Waals surface area (Å²) < 4.78 is 0. The van der Waals surface area contributed by atoms with Crippen molar-refractivity contribution in [1.29, 1.82) is 0 Å². The van der Waals surface area contributed by atoms with E-state index in [0.29, 0.717) is 29.1 Å². The fourth-order valence-corrected chi connectivity index (χ4v) is 6.04. The van der Waals surface area contributed by atoms with Crippen LogP contribution in [0.3, 0.4) is 0 Å². The molecule has 0 aliphatic heterocycles. The maximum atomic E-state index is 3.89. The van der Waals surface area contributed by atoms with Gasteiger partial charge in [-0.3, -0.25) is 0 Å². The second kappa shape index (κ2) is 5.22. The smallest absolute Gasteiger partial charge is 0.0131 e. The molecule has 132 valence electrons. The second-order valence-electron chi connectivity index (χ2n) is 9.83. The molecule has 4 aliphatic rings. The minimum Gasteiger partial charge on any atom is -0.0991 e. The molecule has 0 heterocycles. The van der Waals surface area contributed by atoms with E-state index in [1.807, 2.05) is 6.08 Å². The lowest BCUT2D eigenvalue weighted by Crippen LogP contribution is -2.38. The maximum Gasteiger partial charge on any atom is 0.0131 e. The van der Waals surface area contributed by atoms with Crippen LogP contribution in [-0.4, -0.2) is 0 Å². The SMILES string of the molecule is C=C/C=C\C1C2=C3C(=CC1C)C(C)(C)C1=CC(C)=CC(C13)C(C)(C)C2. The lowest BCUT2D eigenvalue weighted by Gasteiger charge is -2.48. The zero-order valence-electron chi connectivity index (χ0n) is 16.7. The van der Waals surface area contributed by atoms with Crippen molar-refractivity contribution >= 4 is 0 Å². The van der Waals surface area contributed by atoms with E-state index in [2.05, 4.69) is 78.5 Å². The van der Waals surface area contributed by atoms with Crippen LogP contribution in [0, 0.1) is 34.5 Å². The number of rotatable bonds is 2. The summed E-state index contributed by atoms with van der Waals surface area (Å²) in [5.74, 6) is 2.32. The largest absolute Gasteiger partial charge is 0.0991 e. The molecule has 0 nitrogen and oxygen atoms in total. The van der Waals surface area contributed by atoms with E-state index < -0.39 is 0 Å². The van der Waals surface area contributed by atoms with Gasteiger partial charge in [-0.15, -0.1) is 0 Å². The summed E-state index contributed by atoms with van der Waals surface area (Å²) in [7, 11) is 0. The Morgan fingerprint density at radius 3 is 2.56 bits per heavy atom. The molecule has 25 heavy (non-hydrogen) atoms. The average Bonchev–Trinajstić information content (AvgIpc) is 2.73. The first-order chi connectivity index (χ1) is 11.7. The van der Waals surface area contributed by atoms with Crippen molar-refractivity contribution in [3.05, 3.63) is 70.9 Å². The Morgan fingerprint density at radius 2 is 1.88 bits per heavy atom. The van der Waals surface area contributed by atoms with Crippen LogP contribution in [0.5, 0.6) is 0 Å². The quantitative estimate of drug-likeness (QED) is 0.487. The predicted octanol–water partition coefficient (Wildman–Crippen LogP) is 6.81. The molecule has 0 spiro atoms. The van der Waals surface area contributed by atoms with Crippen molar-refractivity contribution in [2.75, 3.05) is 0 Å². The summed E-state index contributed by atoms with van der Waals surface area (Å²) in [5.41, 5.74) is 8.62. The Balaban J connectivity index is 1.99. The van der Waals surface area contributed by atoms with E-state index in [9.17, 15) is 0 Å². The Morgan fingerprint density at radius 1 is 1.16 bits per heavy atom. The molecule has 0 amide bonds. The van der Waals surface area contributed by atoms with Gasteiger partial charge in [0.2, 0.25) is 0 Å². The van der Waals surface area contributed by atoms with Gasteiger partial charge in [0, 0.05) is 17.3 Å². The number of hydrogen-bond donors (Lipinski definition) is 0. The Hall–Kier alpha value is -1.56. The fraction of sp³-hybridized carbons (Fsp3) is 0.520. The number of allylic oxidation sites excluding steroid dienone is 11. The highest BCUT2D eigenvalue weighted by atomic mass is 14.6. The summed E-state index contributed by atoms with van der Waals surface area (Å²) in [6, 6.07) is 0. The minimum atomic E-state index is 0.167. The van der Waals surface area contributed by atoms with Crippen LogP contribution in [0.15, 0.2) is 70.9 Å². The van der Waals surface area contributed by atoms with Gasteiger partial charge < -0.3 is 0 Å². The van der Waals surface area contributed by atoms with Crippen LogP contribution in [0.4, 0.5) is 0 Å². The topological polar surface area (TPSA) is 0 Å². The Kier molecular flexibility index (Phi) is 3.53. The predicted molar refractivity (Wildman–Crippen MR) is 108 cm³/mol. The Labute approximate surface area is 153 Å². The van der Waals surface area contributed by atoms with Gasteiger partial charge in [-0.1, -0.05) is 94.4 Å². The van der Waals surface area contributed by atoms with Crippen LogP contribution in [0.1, 0.15) is 48.0 Å². The minimum absolute atomic E-state index is 0.167. The maximum absolute atomic E-state index is 3.89. The molecule has 4 rings (SSSR count). The van der Waals surface area contributed by atoms with Crippen LogP contribution in [0.2, 0.25) is 0 Å². The average molecular weight is 333 g/mol. The molecule has 0 bridgehead atoms. The van der Waals surface area contributed by atoms with Gasteiger partial charge in [0.15, 0.2) is 0 Å². The molecule has 1 fully saturated rings. The van der Waals surface area contributed by atoms with Gasteiger partial charge in [0.1, 0.15) is 0 Å². The molecular formula is C25H32. The third-order valence-electron chi connectivity index (χ3n) is 7.26.